The first-order valence-corrected chi connectivity index (χ1v) is 5.77. The van der Waals surface area contributed by atoms with Gasteiger partial charge in [0, 0.05) is 11.7 Å². The second-order valence-electron chi connectivity index (χ2n) is 3.36. The lowest BCUT2D eigenvalue weighted by Crippen LogP contribution is -1.89. The highest BCUT2D eigenvalue weighted by Gasteiger charge is 2.05. The fraction of sp³-hybridized carbons (Fsp3) is 0.778. The van der Waals surface area contributed by atoms with Crippen molar-refractivity contribution in [3.05, 3.63) is 5.82 Å². The molecule has 1 rings (SSSR count). The molecule has 0 fully saturated rings. The van der Waals surface area contributed by atoms with Gasteiger partial charge in [-0.3, -0.25) is 5.10 Å². The van der Waals surface area contributed by atoms with E-state index in [-0.39, 0.29) is 0 Å². The number of hydrogen-bond donors (Lipinski definition) is 1. The van der Waals surface area contributed by atoms with Gasteiger partial charge in [0.25, 0.3) is 0 Å². The topological polar surface area (TPSA) is 41.6 Å². The van der Waals surface area contributed by atoms with E-state index in [1.807, 2.05) is 0 Å². The summed E-state index contributed by atoms with van der Waals surface area (Å²) < 4.78 is 0. The standard InChI is InChI=1S/C9H17N3S/c1-4-5-6-13-9-10-8(7(2)3)11-12-9/h7H,4-6H2,1-3H3,(H,10,11,12). The van der Waals surface area contributed by atoms with Crippen molar-refractivity contribution in [2.24, 2.45) is 0 Å². The van der Waals surface area contributed by atoms with Gasteiger partial charge in [-0.25, -0.2) is 4.98 Å². The molecule has 3 nitrogen and oxygen atoms in total. The lowest BCUT2D eigenvalue weighted by molar-refractivity contribution is 0.780. The highest BCUT2D eigenvalue weighted by molar-refractivity contribution is 7.99. The molecule has 1 aromatic rings. The van der Waals surface area contributed by atoms with Crippen LogP contribution in [0.1, 0.15) is 45.4 Å². The minimum absolute atomic E-state index is 0.438. The molecule has 0 aliphatic heterocycles. The van der Waals surface area contributed by atoms with Crippen LogP contribution in [0.15, 0.2) is 5.16 Å². The summed E-state index contributed by atoms with van der Waals surface area (Å²) in [5.74, 6) is 2.54. The number of unbranched alkanes of at least 4 members (excludes halogenated alkanes) is 1. The van der Waals surface area contributed by atoms with Gasteiger partial charge in [0.05, 0.1) is 0 Å². The Morgan fingerprint density at radius 2 is 2.23 bits per heavy atom. The lowest BCUT2D eigenvalue weighted by atomic mass is 10.2. The predicted octanol–water partition coefficient (Wildman–Crippen LogP) is 2.82. The van der Waals surface area contributed by atoms with E-state index in [1.54, 1.807) is 11.8 Å². The average Bonchev–Trinajstić information content (AvgIpc) is 2.53. The zero-order chi connectivity index (χ0) is 9.68. The molecule has 0 amide bonds. The molecule has 1 aromatic heterocycles. The fourth-order valence-corrected chi connectivity index (χ4v) is 1.78. The number of H-pyrrole nitrogens is 1. The summed E-state index contributed by atoms with van der Waals surface area (Å²) in [5, 5.41) is 7.97. The molecule has 0 spiro atoms. The first kappa shape index (κ1) is 10.6. The van der Waals surface area contributed by atoms with Crippen molar-refractivity contribution in [1.29, 1.82) is 0 Å². The van der Waals surface area contributed by atoms with Crippen LogP contribution in [0, 0.1) is 0 Å². The van der Waals surface area contributed by atoms with E-state index in [4.69, 9.17) is 0 Å². The third-order valence-electron chi connectivity index (χ3n) is 1.76. The van der Waals surface area contributed by atoms with Gasteiger partial charge >= 0.3 is 0 Å². The van der Waals surface area contributed by atoms with Crippen LogP contribution in [0.2, 0.25) is 0 Å². The Bertz CT molecular complexity index is 245. The maximum absolute atomic E-state index is 4.38. The second-order valence-corrected chi connectivity index (χ2v) is 4.42. The Balaban J connectivity index is 2.40. The molecule has 0 saturated heterocycles. The predicted molar refractivity (Wildman–Crippen MR) is 56.1 cm³/mol. The van der Waals surface area contributed by atoms with Crippen molar-refractivity contribution in [2.75, 3.05) is 5.75 Å². The monoisotopic (exact) mass is 199 g/mol. The molecule has 4 heteroatoms. The molecule has 0 aliphatic rings. The molecule has 0 radical (unpaired) electrons. The van der Waals surface area contributed by atoms with Gasteiger partial charge in [-0.05, 0) is 6.42 Å². The quantitative estimate of drug-likeness (QED) is 0.585. The molecular weight excluding hydrogens is 182 g/mol. The molecule has 0 bridgehead atoms. The van der Waals surface area contributed by atoms with E-state index < -0.39 is 0 Å². The molecule has 0 saturated carbocycles. The number of hydrogen-bond acceptors (Lipinski definition) is 3. The number of nitrogens with zero attached hydrogens (tertiary/aromatic N) is 2. The maximum atomic E-state index is 4.38. The summed E-state index contributed by atoms with van der Waals surface area (Å²) in [7, 11) is 0. The molecular formula is C9H17N3S. The number of rotatable bonds is 5. The Labute approximate surface area is 83.7 Å². The largest absolute Gasteiger partial charge is 0.262 e. The van der Waals surface area contributed by atoms with E-state index in [1.165, 1.54) is 12.8 Å². The summed E-state index contributed by atoms with van der Waals surface area (Å²) in [4.78, 5) is 4.38. The van der Waals surface area contributed by atoms with E-state index in [2.05, 4.69) is 36.0 Å². The summed E-state index contributed by atoms with van der Waals surface area (Å²) in [6.07, 6.45) is 2.46. The molecule has 0 atom stereocenters. The lowest BCUT2D eigenvalue weighted by Gasteiger charge is -1.95. The molecule has 13 heavy (non-hydrogen) atoms. The van der Waals surface area contributed by atoms with Gasteiger partial charge < -0.3 is 0 Å². The van der Waals surface area contributed by atoms with Crippen LogP contribution in [0.25, 0.3) is 0 Å². The van der Waals surface area contributed by atoms with Crippen molar-refractivity contribution in [1.82, 2.24) is 15.2 Å². The zero-order valence-electron chi connectivity index (χ0n) is 8.50. The molecule has 0 aliphatic carbocycles. The normalized spacial score (nSPS) is 11.1. The summed E-state index contributed by atoms with van der Waals surface area (Å²) in [6, 6.07) is 0. The van der Waals surface area contributed by atoms with Crippen molar-refractivity contribution >= 4 is 11.8 Å². The minimum Gasteiger partial charge on any atom is -0.262 e. The van der Waals surface area contributed by atoms with Crippen LogP contribution in [0.5, 0.6) is 0 Å². The van der Waals surface area contributed by atoms with Crippen LogP contribution in [-0.2, 0) is 0 Å². The molecule has 1 N–H and O–H groups in total. The van der Waals surface area contributed by atoms with Crippen LogP contribution in [-0.4, -0.2) is 20.9 Å². The summed E-state index contributed by atoms with van der Waals surface area (Å²) in [5.41, 5.74) is 0. The highest BCUT2D eigenvalue weighted by Crippen LogP contribution is 2.16. The number of nitrogens with one attached hydrogen (secondary N) is 1. The first-order chi connectivity index (χ1) is 6.24. The Morgan fingerprint density at radius 1 is 1.46 bits per heavy atom. The number of thioether (sulfide) groups is 1. The molecule has 1 heterocycles. The summed E-state index contributed by atoms with van der Waals surface area (Å²) in [6.45, 7) is 6.42. The van der Waals surface area contributed by atoms with Crippen molar-refractivity contribution in [2.45, 2.75) is 44.7 Å². The first-order valence-electron chi connectivity index (χ1n) is 4.79. The minimum atomic E-state index is 0.438. The van der Waals surface area contributed by atoms with Gasteiger partial charge in [0.15, 0.2) is 0 Å². The fourth-order valence-electron chi connectivity index (χ4n) is 0.889. The summed E-state index contributed by atoms with van der Waals surface area (Å²) >= 11 is 1.73. The van der Waals surface area contributed by atoms with Crippen molar-refractivity contribution < 1.29 is 0 Å². The molecule has 74 valence electrons. The number of aromatic nitrogens is 3. The molecule has 0 unspecified atom stereocenters. The second kappa shape index (κ2) is 5.27. The Kier molecular flexibility index (Phi) is 4.28. The smallest absolute Gasteiger partial charge is 0.208 e. The molecule has 0 aromatic carbocycles. The highest BCUT2D eigenvalue weighted by atomic mass is 32.2. The third kappa shape index (κ3) is 3.38. The Morgan fingerprint density at radius 3 is 2.77 bits per heavy atom. The van der Waals surface area contributed by atoms with Crippen LogP contribution in [0.4, 0.5) is 0 Å². The van der Waals surface area contributed by atoms with Gasteiger partial charge in [0.1, 0.15) is 5.82 Å². The van der Waals surface area contributed by atoms with Crippen molar-refractivity contribution in [3.63, 3.8) is 0 Å². The van der Waals surface area contributed by atoms with E-state index in [0.717, 1.165) is 16.7 Å². The van der Waals surface area contributed by atoms with E-state index in [0.29, 0.717) is 5.92 Å². The van der Waals surface area contributed by atoms with E-state index >= 15 is 0 Å². The zero-order valence-corrected chi connectivity index (χ0v) is 9.32. The Hall–Kier alpha value is -0.510. The van der Waals surface area contributed by atoms with Gasteiger partial charge in [-0.2, -0.15) is 0 Å². The third-order valence-corrected chi connectivity index (χ3v) is 2.69. The average molecular weight is 199 g/mol. The van der Waals surface area contributed by atoms with Crippen LogP contribution >= 0.6 is 11.8 Å². The maximum Gasteiger partial charge on any atom is 0.208 e. The van der Waals surface area contributed by atoms with Crippen LogP contribution in [0.3, 0.4) is 0 Å². The van der Waals surface area contributed by atoms with E-state index in [9.17, 15) is 0 Å². The van der Waals surface area contributed by atoms with Crippen LogP contribution < -0.4 is 0 Å². The SMILES string of the molecule is CCCCSc1n[nH]c(C(C)C)n1. The van der Waals surface area contributed by atoms with Gasteiger partial charge in [0.2, 0.25) is 5.16 Å². The van der Waals surface area contributed by atoms with Crippen molar-refractivity contribution in [3.8, 4) is 0 Å². The van der Waals surface area contributed by atoms with Gasteiger partial charge in [-0.15, -0.1) is 5.10 Å². The van der Waals surface area contributed by atoms with Gasteiger partial charge in [-0.1, -0.05) is 39.0 Å². The number of aromatic amines is 1.